The summed E-state index contributed by atoms with van der Waals surface area (Å²) in [7, 11) is 0. The highest BCUT2D eigenvalue weighted by atomic mass is 32.1. The highest BCUT2D eigenvalue weighted by Gasteiger charge is 2.30. The van der Waals surface area contributed by atoms with Crippen molar-refractivity contribution in [2.75, 3.05) is 0 Å². The molecule has 0 aromatic heterocycles. The van der Waals surface area contributed by atoms with E-state index in [1.807, 2.05) is 20.8 Å². The zero-order valence-corrected chi connectivity index (χ0v) is 17.4. The van der Waals surface area contributed by atoms with Crippen LogP contribution in [-0.2, 0) is 14.3 Å². The van der Waals surface area contributed by atoms with E-state index in [1.54, 1.807) is 26.0 Å². The summed E-state index contributed by atoms with van der Waals surface area (Å²) in [5.74, 6) is -2.02. The minimum atomic E-state index is -1.18. The summed E-state index contributed by atoms with van der Waals surface area (Å²) in [6.07, 6.45) is 0.898. The lowest BCUT2D eigenvalue weighted by molar-refractivity contribution is -0.148. The number of esters is 1. The molecule has 0 spiro atoms. The lowest BCUT2D eigenvalue weighted by Crippen LogP contribution is -2.30. The molecule has 1 atom stereocenters. The molecule has 1 rings (SSSR count). The summed E-state index contributed by atoms with van der Waals surface area (Å²) in [5.41, 5.74) is 2.29. The molecule has 1 aromatic rings. The van der Waals surface area contributed by atoms with Crippen molar-refractivity contribution in [2.45, 2.75) is 58.8 Å². The van der Waals surface area contributed by atoms with Gasteiger partial charge in [-0.1, -0.05) is 39.3 Å². The van der Waals surface area contributed by atoms with Crippen molar-refractivity contribution in [1.29, 1.82) is 0 Å². The normalized spacial score (nSPS) is 13.3. The van der Waals surface area contributed by atoms with Gasteiger partial charge in [0.05, 0.1) is 11.7 Å². The summed E-state index contributed by atoms with van der Waals surface area (Å²) in [5, 5.41) is 7.90. The van der Waals surface area contributed by atoms with Crippen LogP contribution in [0.3, 0.4) is 0 Å². The smallest absolute Gasteiger partial charge is 0.335 e. The first kappa shape index (κ1) is 23.0. The van der Waals surface area contributed by atoms with E-state index in [1.165, 1.54) is 12.1 Å². The second-order valence-electron chi connectivity index (χ2n) is 6.93. The van der Waals surface area contributed by atoms with Crippen LogP contribution in [0.5, 0.6) is 0 Å². The number of carbonyl (C=O) groups is 3. The molecule has 0 radical (unpaired) electrons. The SMILES string of the molecule is CCCC(C(=O)C(S)C(=O)OC(C)C)=C(c1ccc(C(=O)O)cc1)C(C)C. The Balaban J connectivity index is 3.40. The van der Waals surface area contributed by atoms with Crippen LogP contribution in [0.15, 0.2) is 29.8 Å². The number of aromatic carboxylic acids is 1. The fourth-order valence-corrected chi connectivity index (χ4v) is 3.07. The van der Waals surface area contributed by atoms with Gasteiger partial charge < -0.3 is 9.84 Å². The molecule has 1 N–H and O–H groups in total. The van der Waals surface area contributed by atoms with Crippen LogP contribution in [0, 0.1) is 5.92 Å². The van der Waals surface area contributed by atoms with E-state index in [4.69, 9.17) is 9.84 Å². The van der Waals surface area contributed by atoms with Gasteiger partial charge in [0, 0.05) is 5.57 Å². The molecular formula is C21H28O5S. The number of carbonyl (C=O) groups excluding carboxylic acids is 2. The molecule has 0 aliphatic heterocycles. The molecule has 0 heterocycles. The molecular weight excluding hydrogens is 364 g/mol. The van der Waals surface area contributed by atoms with Gasteiger partial charge in [-0.15, -0.1) is 0 Å². The molecule has 148 valence electrons. The third-order valence-corrected chi connectivity index (χ3v) is 4.41. The minimum Gasteiger partial charge on any atom is -0.478 e. The number of carboxylic acids is 1. The maximum Gasteiger partial charge on any atom is 0.335 e. The Bertz CT molecular complexity index is 717. The number of carboxylic acid groups (broad SMARTS) is 1. The van der Waals surface area contributed by atoms with Crippen LogP contribution in [0.1, 0.15) is 63.4 Å². The standard InChI is InChI=1S/C21H28O5S/c1-6-7-16(18(22)19(27)21(25)26-13(4)5)17(12(2)3)14-8-10-15(11-9-14)20(23)24/h8-13,19,27H,6-7H2,1-5H3,(H,23,24). The van der Waals surface area contributed by atoms with Crippen LogP contribution >= 0.6 is 12.6 Å². The lowest BCUT2D eigenvalue weighted by Gasteiger charge is -2.20. The first-order valence-corrected chi connectivity index (χ1v) is 9.61. The number of ether oxygens (including phenoxy) is 1. The molecule has 5 nitrogen and oxygen atoms in total. The maximum atomic E-state index is 13.0. The molecule has 1 unspecified atom stereocenters. The minimum absolute atomic E-state index is 0.00725. The molecule has 1 aromatic carbocycles. The van der Waals surface area contributed by atoms with E-state index >= 15 is 0 Å². The van der Waals surface area contributed by atoms with Crippen LogP contribution in [-0.4, -0.2) is 34.2 Å². The number of ketones is 1. The van der Waals surface area contributed by atoms with E-state index in [9.17, 15) is 14.4 Å². The van der Waals surface area contributed by atoms with Crippen molar-refractivity contribution < 1.29 is 24.2 Å². The van der Waals surface area contributed by atoms with Gasteiger partial charge in [-0.2, -0.15) is 12.6 Å². The highest BCUT2D eigenvalue weighted by molar-refractivity contribution is 7.82. The number of rotatable bonds is 9. The fourth-order valence-electron chi connectivity index (χ4n) is 2.86. The zero-order valence-electron chi connectivity index (χ0n) is 16.5. The summed E-state index contributed by atoms with van der Waals surface area (Å²) < 4.78 is 5.13. The van der Waals surface area contributed by atoms with Gasteiger partial charge in [0.1, 0.15) is 0 Å². The Morgan fingerprint density at radius 2 is 1.56 bits per heavy atom. The topological polar surface area (TPSA) is 80.7 Å². The van der Waals surface area contributed by atoms with Crippen LogP contribution < -0.4 is 0 Å². The average molecular weight is 393 g/mol. The number of thiol groups is 1. The van der Waals surface area contributed by atoms with E-state index in [-0.39, 0.29) is 23.4 Å². The number of Topliss-reactive ketones (excluding diaryl/α,β-unsaturated/α-hetero) is 1. The summed E-state index contributed by atoms with van der Waals surface area (Å²) in [6.45, 7) is 9.32. The van der Waals surface area contributed by atoms with Crippen molar-refractivity contribution in [3.63, 3.8) is 0 Å². The molecule has 6 heteroatoms. The van der Waals surface area contributed by atoms with Gasteiger partial charge in [0.25, 0.3) is 0 Å². The fraction of sp³-hybridized carbons (Fsp3) is 0.476. The van der Waals surface area contributed by atoms with Crippen LogP contribution in [0.4, 0.5) is 0 Å². The van der Waals surface area contributed by atoms with Gasteiger partial charge in [-0.3, -0.25) is 9.59 Å². The largest absolute Gasteiger partial charge is 0.478 e. The number of hydrogen-bond donors (Lipinski definition) is 2. The maximum absolute atomic E-state index is 13.0. The third kappa shape index (κ3) is 6.24. The number of allylic oxidation sites excluding steroid dienone is 2. The summed E-state index contributed by atoms with van der Waals surface area (Å²) in [4.78, 5) is 36.3. The summed E-state index contributed by atoms with van der Waals surface area (Å²) >= 11 is 4.21. The van der Waals surface area contributed by atoms with Crippen molar-refractivity contribution in [3.8, 4) is 0 Å². The molecule has 0 amide bonds. The van der Waals surface area contributed by atoms with Crippen molar-refractivity contribution in [1.82, 2.24) is 0 Å². The third-order valence-electron chi connectivity index (χ3n) is 3.97. The Kier molecular flexibility index (Phi) is 8.76. The van der Waals surface area contributed by atoms with Gasteiger partial charge in [0.15, 0.2) is 11.0 Å². The van der Waals surface area contributed by atoms with Crippen LogP contribution in [0.2, 0.25) is 0 Å². The molecule has 0 saturated heterocycles. The van der Waals surface area contributed by atoms with Crippen molar-refractivity contribution in [2.24, 2.45) is 5.92 Å². The van der Waals surface area contributed by atoms with E-state index in [0.717, 1.165) is 17.6 Å². The monoisotopic (exact) mass is 392 g/mol. The van der Waals surface area contributed by atoms with Crippen molar-refractivity contribution >= 4 is 35.9 Å². The molecule has 0 saturated carbocycles. The van der Waals surface area contributed by atoms with E-state index < -0.39 is 17.2 Å². The Hall–Kier alpha value is -2.08. The molecule has 0 aliphatic carbocycles. The van der Waals surface area contributed by atoms with Gasteiger partial charge in [-0.05, 0) is 49.5 Å². The van der Waals surface area contributed by atoms with E-state index in [0.29, 0.717) is 12.0 Å². The highest BCUT2D eigenvalue weighted by Crippen LogP contribution is 2.31. The molecule has 0 aliphatic rings. The number of benzene rings is 1. The Morgan fingerprint density at radius 3 is 1.96 bits per heavy atom. The quantitative estimate of drug-likeness (QED) is 0.281. The van der Waals surface area contributed by atoms with Gasteiger partial charge in [0.2, 0.25) is 0 Å². The predicted octanol–water partition coefficient (Wildman–Crippen LogP) is 4.41. The van der Waals surface area contributed by atoms with Crippen molar-refractivity contribution in [3.05, 3.63) is 41.0 Å². The van der Waals surface area contributed by atoms with E-state index in [2.05, 4.69) is 12.6 Å². The molecule has 0 bridgehead atoms. The summed E-state index contributed by atoms with van der Waals surface area (Å²) in [6, 6.07) is 6.42. The number of hydrogen-bond acceptors (Lipinski definition) is 5. The lowest BCUT2D eigenvalue weighted by atomic mass is 9.86. The molecule has 27 heavy (non-hydrogen) atoms. The first-order chi connectivity index (χ1) is 12.6. The van der Waals surface area contributed by atoms with Gasteiger partial charge in [-0.25, -0.2) is 4.79 Å². The Morgan fingerprint density at radius 1 is 1.04 bits per heavy atom. The first-order valence-electron chi connectivity index (χ1n) is 9.09. The predicted molar refractivity (Wildman–Crippen MR) is 109 cm³/mol. The van der Waals surface area contributed by atoms with Crippen LogP contribution in [0.25, 0.3) is 5.57 Å². The average Bonchev–Trinajstić information content (AvgIpc) is 2.59. The second-order valence-corrected chi connectivity index (χ2v) is 7.45. The second kappa shape index (κ2) is 10.3. The zero-order chi connectivity index (χ0) is 20.7. The van der Waals surface area contributed by atoms with Gasteiger partial charge >= 0.3 is 11.9 Å². The Labute approximate surface area is 166 Å². The molecule has 0 fully saturated rings.